The van der Waals surface area contributed by atoms with Gasteiger partial charge >= 0.3 is 5.97 Å². The Hall–Kier alpha value is -1.14. The summed E-state index contributed by atoms with van der Waals surface area (Å²) in [5.41, 5.74) is 5.11. The topological polar surface area (TPSA) is 92.9 Å². The van der Waals surface area contributed by atoms with Gasteiger partial charge in [-0.1, -0.05) is 6.92 Å². The summed E-state index contributed by atoms with van der Waals surface area (Å²) >= 11 is 0. The van der Waals surface area contributed by atoms with Gasteiger partial charge in [-0.2, -0.15) is 0 Å². The zero-order chi connectivity index (χ0) is 13.8. The lowest BCUT2D eigenvalue weighted by Crippen LogP contribution is -2.55. The van der Waals surface area contributed by atoms with Gasteiger partial charge in [-0.3, -0.25) is 4.79 Å². The summed E-state index contributed by atoms with van der Waals surface area (Å²) in [4.78, 5) is 24.2. The van der Waals surface area contributed by atoms with Crippen molar-refractivity contribution >= 4 is 11.9 Å². The fourth-order valence-electron chi connectivity index (χ4n) is 1.93. The first-order chi connectivity index (χ1) is 8.36. The van der Waals surface area contributed by atoms with E-state index in [1.165, 1.54) is 0 Å². The van der Waals surface area contributed by atoms with E-state index in [2.05, 4.69) is 0 Å². The molecule has 0 aromatic carbocycles. The van der Waals surface area contributed by atoms with Gasteiger partial charge in [0.25, 0.3) is 0 Å². The Morgan fingerprint density at radius 1 is 1.44 bits per heavy atom. The summed E-state index contributed by atoms with van der Waals surface area (Å²) in [5.74, 6) is -1.00. The number of carboxylic acid groups (broad SMARTS) is 1. The molecule has 1 aliphatic heterocycles. The number of amides is 1. The van der Waals surface area contributed by atoms with Gasteiger partial charge in [0.1, 0.15) is 6.61 Å². The average molecular weight is 258 g/mol. The second kappa shape index (κ2) is 6.15. The van der Waals surface area contributed by atoms with E-state index in [1.807, 2.05) is 6.92 Å². The summed E-state index contributed by atoms with van der Waals surface area (Å²) in [6.07, 6.45) is 1.86. The van der Waals surface area contributed by atoms with Gasteiger partial charge in [0.15, 0.2) is 0 Å². The molecule has 1 rings (SSSR count). The molecule has 1 fully saturated rings. The van der Waals surface area contributed by atoms with Crippen LogP contribution in [0.15, 0.2) is 0 Å². The largest absolute Gasteiger partial charge is 0.480 e. The lowest BCUT2D eigenvalue weighted by molar-refractivity contribution is -0.147. The van der Waals surface area contributed by atoms with Gasteiger partial charge in [-0.05, 0) is 26.2 Å². The normalized spacial score (nSPS) is 20.5. The third-order valence-corrected chi connectivity index (χ3v) is 3.39. The number of carboxylic acids is 1. The number of hydrogen-bond donors (Lipinski definition) is 2. The smallest absolute Gasteiger partial charge is 0.329 e. The summed E-state index contributed by atoms with van der Waals surface area (Å²) in [7, 11) is 0. The van der Waals surface area contributed by atoms with Crippen LogP contribution >= 0.6 is 0 Å². The fraction of sp³-hybridized carbons (Fsp3) is 0.833. The molecule has 1 atom stereocenters. The quantitative estimate of drug-likeness (QED) is 0.735. The Bertz CT molecular complexity index is 309. The first-order valence-corrected chi connectivity index (χ1v) is 6.28. The monoisotopic (exact) mass is 258 g/mol. The fourth-order valence-corrected chi connectivity index (χ4v) is 1.93. The van der Waals surface area contributed by atoms with Crippen LogP contribution in [-0.2, 0) is 14.3 Å². The average Bonchev–Trinajstić information content (AvgIpc) is 2.36. The second-order valence-corrected chi connectivity index (χ2v) is 4.97. The van der Waals surface area contributed by atoms with Crippen LogP contribution in [0.25, 0.3) is 0 Å². The third kappa shape index (κ3) is 3.96. The highest BCUT2D eigenvalue weighted by Gasteiger charge is 2.33. The van der Waals surface area contributed by atoms with Crippen molar-refractivity contribution in [2.75, 3.05) is 19.7 Å². The van der Waals surface area contributed by atoms with E-state index in [-0.39, 0.29) is 18.6 Å². The number of piperidine rings is 1. The van der Waals surface area contributed by atoms with Crippen molar-refractivity contribution in [3.8, 4) is 0 Å². The minimum Gasteiger partial charge on any atom is -0.480 e. The van der Waals surface area contributed by atoms with Crippen LogP contribution < -0.4 is 5.73 Å². The number of ether oxygens (including phenoxy) is 1. The number of likely N-dealkylation sites (tertiary alicyclic amines) is 1. The Kier molecular flexibility index (Phi) is 5.10. The summed E-state index contributed by atoms with van der Waals surface area (Å²) in [5, 5.41) is 8.52. The molecule has 0 aromatic heterocycles. The first kappa shape index (κ1) is 14.9. The second-order valence-electron chi connectivity index (χ2n) is 4.97. The van der Waals surface area contributed by atoms with E-state index < -0.39 is 11.5 Å². The minimum absolute atomic E-state index is 0.0401. The zero-order valence-electron chi connectivity index (χ0n) is 11.0. The SMILES string of the molecule is CCC(C)(N)C(=O)N1CCC(OCC(=O)O)CC1. The number of carbonyl (C=O) groups is 2. The van der Waals surface area contributed by atoms with Gasteiger partial charge in [0, 0.05) is 13.1 Å². The van der Waals surface area contributed by atoms with E-state index in [0.717, 1.165) is 0 Å². The molecule has 0 saturated carbocycles. The molecule has 1 aliphatic rings. The molecule has 1 saturated heterocycles. The molecule has 0 aliphatic carbocycles. The molecule has 0 radical (unpaired) electrons. The van der Waals surface area contributed by atoms with E-state index >= 15 is 0 Å². The van der Waals surface area contributed by atoms with Crippen LogP contribution in [0.3, 0.4) is 0 Å². The van der Waals surface area contributed by atoms with Crippen molar-refractivity contribution < 1.29 is 19.4 Å². The highest BCUT2D eigenvalue weighted by molar-refractivity contribution is 5.85. The highest BCUT2D eigenvalue weighted by Crippen LogP contribution is 2.18. The predicted octanol–water partition coefficient (Wildman–Crippen LogP) is 0.206. The van der Waals surface area contributed by atoms with Crippen LogP contribution in [0, 0.1) is 0 Å². The van der Waals surface area contributed by atoms with Crippen molar-refractivity contribution in [3.63, 3.8) is 0 Å². The number of aliphatic carboxylic acids is 1. The van der Waals surface area contributed by atoms with Crippen LogP contribution in [0.4, 0.5) is 0 Å². The maximum atomic E-state index is 12.1. The molecule has 6 heteroatoms. The standard InChI is InChI=1S/C12H22N2O4/c1-3-12(2,13)11(17)14-6-4-9(5-7-14)18-8-10(15)16/h9H,3-8,13H2,1-2H3,(H,15,16). The number of rotatable bonds is 5. The van der Waals surface area contributed by atoms with E-state index in [1.54, 1.807) is 11.8 Å². The molecular weight excluding hydrogens is 236 g/mol. The van der Waals surface area contributed by atoms with Crippen LogP contribution in [0.1, 0.15) is 33.1 Å². The van der Waals surface area contributed by atoms with E-state index in [0.29, 0.717) is 32.4 Å². The van der Waals surface area contributed by atoms with Crippen LogP contribution in [-0.4, -0.2) is 53.2 Å². The number of hydrogen-bond acceptors (Lipinski definition) is 4. The van der Waals surface area contributed by atoms with Crippen molar-refractivity contribution in [1.29, 1.82) is 0 Å². The van der Waals surface area contributed by atoms with Crippen molar-refractivity contribution in [1.82, 2.24) is 4.90 Å². The Labute approximate surface area is 107 Å². The molecule has 3 N–H and O–H groups in total. The molecule has 0 spiro atoms. The zero-order valence-corrected chi connectivity index (χ0v) is 11.0. The molecular formula is C12H22N2O4. The van der Waals surface area contributed by atoms with E-state index in [4.69, 9.17) is 15.6 Å². The van der Waals surface area contributed by atoms with Crippen LogP contribution in [0.2, 0.25) is 0 Å². The maximum Gasteiger partial charge on any atom is 0.329 e. The highest BCUT2D eigenvalue weighted by atomic mass is 16.5. The summed E-state index contributed by atoms with van der Waals surface area (Å²) in [6, 6.07) is 0. The summed E-state index contributed by atoms with van der Waals surface area (Å²) < 4.78 is 5.22. The molecule has 1 heterocycles. The van der Waals surface area contributed by atoms with Crippen molar-refractivity contribution in [2.45, 2.75) is 44.8 Å². The molecule has 0 bridgehead atoms. The molecule has 18 heavy (non-hydrogen) atoms. The number of carbonyl (C=O) groups excluding carboxylic acids is 1. The molecule has 104 valence electrons. The molecule has 1 amide bonds. The molecule has 6 nitrogen and oxygen atoms in total. The predicted molar refractivity (Wildman–Crippen MR) is 66.1 cm³/mol. The molecule has 1 unspecified atom stereocenters. The first-order valence-electron chi connectivity index (χ1n) is 6.28. The Balaban J connectivity index is 2.39. The van der Waals surface area contributed by atoms with Gasteiger partial charge in [0.05, 0.1) is 11.6 Å². The van der Waals surface area contributed by atoms with Gasteiger partial charge in [-0.15, -0.1) is 0 Å². The number of nitrogens with zero attached hydrogens (tertiary/aromatic N) is 1. The minimum atomic E-state index is -0.964. The van der Waals surface area contributed by atoms with E-state index in [9.17, 15) is 9.59 Å². The van der Waals surface area contributed by atoms with Gasteiger partial charge in [0.2, 0.25) is 5.91 Å². The lowest BCUT2D eigenvalue weighted by Gasteiger charge is -2.36. The molecule has 0 aromatic rings. The third-order valence-electron chi connectivity index (χ3n) is 3.39. The Morgan fingerprint density at radius 3 is 2.44 bits per heavy atom. The maximum absolute atomic E-state index is 12.1. The van der Waals surface area contributed by atoms with Gasteiger partial charge < -0.3 is 20.5 Å². The van der Waals surface area contributed by atoms with Gasteiger partial charge in [-0.25, -0.2) is 4.79 Å². The van der Waals surface area contributed by atoms with Crippen molar-refractivity contribution in [3.05, 3.63) is 0 Å². The lowest BCUT2D eigenvalue weighted by atomic mass is 9.96. The number of nitrogens with two attached hydrogens (primary N) is 1. The summed E-state index contributed by atoms with van der Waals surface area (Å²) in [6.45, 7) is 4.51. The Morgan fingerprint density at radius 2 is 2.00 bits per heavy atom. The van der Waals surface area contributed by atoms with Crippen LogP contribution in [0.5, 0.6) is 0 Å². The van der Waals surface area contributed by atoms with Crippen molar-refractivity contribution in [2.24, 2.45) is 5.73 Å².